The van der Waals surface area contributed by atoms with E-state index >= 15 is 0 Å². The Balaban J connectivity index is 0.000000185. The van der Waals surface area contributed by atoms with Crippen molar-refractivity contribution >= 4 is 127 Å². The van der Waals surface area contributed by atoms with Crippen LogP contribution in [0.25, 0.3) is 33.8 Å². The summed E-state index contributed by atoms with van der Waals surface area (Å²) in [6.45, 7) is 6.73. The summed E-state index contributed by atoms with van der Waals surface area (Å²) in [5, 5.41) is 15.8. The van der Waals surface area contributed by atoms with Gasteiger partial charge in [-0.25, -0.2) is 28.7 Å². The number of amides is 4. The number of piperidine rings is 1. The number of ketones is 2. The van der Waals surface area contributed by atoms with Crippen molar-refractivity contribution in [3.05, 3.63) is 209 Å². The van der Waals surface area contributed by atoms with Crippen LogP contribution in [0.1, 0.15) is 91.2 Å². The van der Waals surface area contributed by atoms with Crippen LogP contribution < -0.4 is 10.2 Å². The zero-order chi connectivity index (χ0) is 57.8. The maximum atomic E-state index is 14.1. The highest BCUT2D eigenvalue weighted by Crippen LogP contribution is 2.35. The number of ether oxygens (including phenoxy) is 1. The molecule has 0 aliphatic carbocycles. The first-order chi connectivity index (χ1) is 39.4. The minimum Gasteiger partial charge on any atom is -0.444 e. The maximum absolute atomic E-state index is 14.1. The monoisotopic (exact) mass is 1210 g/mol. The average Bonchev–Trinajstić information content (AvgIpc) is 4.19. The normalized spacial score (nSPS) is 12.6. The lowest BCUT2D eigenvalue weighted by molar-refractivity contribution is -0.117. The van der Waals surface area contributed by atoms with Crippen molar-refractivity contribution in [3.8, 4) is 22.5 Å². The first kappa shape index (κ1) is 57.1. The minimum atomic E-state index is -0.781. The average molecular weight is 1210 g/mol. The van der Waals surface area contributed by atoms with E-state index in [1.54, 1.807) is 88.7 Å². The van der Waals surface area contributed by atoms with E-state index in [9.17, 15) is 28.8 Å². The molecule has 414 valence electrons. The molecule has 0 radical (unpaired) electrons. The maximum Gasteiger partial charge on any atom is 0.410 e. The number of hydrogen-bond acceptors (Lipinski definition) is 13. The van der Waals surface area contributed by atoms with Gasteiger partial charge in [0, 0.05) is 48.7 Å². The van der Waals surface area contributed by atoms with Crippen LogP contribution in [0, 0.1) is 5.92 Å². The lowest BCUT2D eigenvalue weighted by atomic mass is 9.93. The van der Waals surface area contributed by atoms with Crippen LogP contribution in [0.3, 0.4) is 0 Å². The molecule has 82 heavy (non-hydrogen) atoms. The van der Waals surface area contributed by atoms with Crippen molar-refractivity contribution in [2.75, 3.05) is 23.3 Å². The summed E-state index contributed by atoms with van der Waals surface area (Å²) >= 11 is 28.3. The van der Waals surface area contributed by atoms with Crippen LogP contribution in [-0.2, 0) is 9.53 Å². The fourth-order valence-electron chi connectivity index (χ4n) is 9.26. The molecule has 0 atom stereocenters. The Bertz CT molecular complexity index is 3970. The van der Waals surface area contributed by atoms with Crippen LogP contribution in [0.15, 0.2) is 157 Å². The first-order valence-electron chi connectivity index (χ1n) is 25.5. The van der Waals surface area contributed by atoms with Crippen molar-refractivity contribution in [2.24, 2.45) is 5.92 Å². The van der Waals surface area contributed by atoms with Crippen molar-refractivity contribution < 1.29 is 33.5 Å². The van der Waals surface area contributed by atoms with Gasteiger partial charge in [-0.15, -0.1) is 22.7 Å². The van der Waals surface area contributed by atoms with E-state index in [1.165, 1.54) is 57.7 Å². The number of thiophene rings is 2. The summed E-state index contributed by atoms with van der Waals surface area (Å²) in [4.78, 5) is 91.9. The lowest BCUT2D eigenvalue weighted by Gasteiger charge is -2.33. The quantitative estimate of drug-likeness (QED) is 0.0904. The zero-order valence-electron chi connectivity index (χ0n) is 43.9. The van der Waals surface area contributed by atoms with Gasteiger partial charge in [-0.3, -0.25) is 24.0 Å². The second-order valence-corrected chi connectivity index (χ2v) is 23.3. The molecule has 4 aromatic carbocycles. The fourth-order valence-corrected chi connectivity index (χ4v) is 11.7. The Morgan fingerprint density at radius 1 is 0.622 bits per heavy atom. The number of hydrogen-bond donors (Lipinski definition) is 1. The van der Waals surface area contributed by atoms with E-state index in [0.29, 0.717) is 68.6 Å². The first-order valence-corrected chi connectivity index (χ1v) is 28.8. The van der Waals surface area contributed by atoms with E-state index in [2.05, 4.69) is 25.5 Å². The number of benzene rings is 4. The number of nitrogens with one attached hydrogen (secondary N) is 1. The largest absolute Gasteiger partial charge is 0.444 e. The Morgan fingerprint density at radius 3 is 1.57 bits per heavy atom. The van der Waals surface area contributed by atoms with E-state index in [-0.39, 0.29) is 66.4 Å². The topological polar surface area (TPSA) is 191 Å². The van der Waals surface area contributed by atoms with Crippen molar-refractivity contribution in [1.29, 1.82) is 0 Å². The molecule has 0 saturated carbocycles. The second-order valence-electron chi connectivity index (χ2n) is 19.8. The summed E-state index contributed by atoms with van der Waals surface area (Å²) < 4.78 is 8.64. The molecule has 0 spiro atoms. The molecule has 7 heterocycles. The third-order valence-corrected chi connectivity index (χ3v) is 16.1. The van der Waals surface area contributed by atoms with Crippen molar-refractivity contribution in [3.63, 3.8) is 0 Å². The molecule has 1 aliphatic heterocycles. The highest BCUT2D eigenvalue weighted by Gasteiger charge is 2.33. The summed E-state index contributed by atoms with van der Waals surface area (Å²) in [5.41, 5.74) is 4.57. The Kier molecular flexibility index (Phi) is 17.1. The Hall–Kier alpha value is -8.10. The number of anilines is 2. The van der Waals surface area contributed by atoms with Gasteiger partial charge in [0.2, 0.25) is 17.5 Å². The lowest BCUT2D eigenvalue weighted by Crippen LogP contribution is -2.42. The summed E-state index contributed by atoms with van der Waals surface area (Å²) in [7, 11) is 0. The van der Waals surface area contributed by atoms with Crippen molar-refractivity contribution in [2.45, 2.75) is 45.6 Å². The van der Waals surface area contributed by atoms with Gasteiger partial charge in [-0.1, -0.05) is 94.9 Å². The number of halogens is 4. The standard InChI is InChI=1S/C31H16Cl4N4O3S.C29H31N5O4S/c32-20-7-2-8-21(33)26(20)30(41)38(31(42)27-22(34)9-3-10-23(27)35)18-6-1-5-17(15-18)24-12-13-36-29-19(16-37-39(24)29)28(40)25-11-4-14-43-25;1-29(2,3)38-28(37)33-13-10-19(11-14-33)16-25(35)32-21-7-4-6-20(17-21)23-9-12-30-27-22(18-31-34(23)27)26(36)24-8-5-15-39-24/h1-16H;4-9,12,15,17-19H,10-11,13-14,16H2,1-3H3,(H,32,35). The number of rotatable bonds is 12. The molecule has 1 fully saturated rings. The molecular weight excluding hydrogens is 1160 g/mol. The smallest absolute Gasteiger partial charge is 0.410 e. The number of carbonyl (C=O) groups is 6. The van der Waals surface area contributed by atoms with Gasteiger partial charge in [-0.05, 0) is 123 Å². The SMILES string of the molecule is CC(C)(C)OC(=O)N1CCC(CC(=O)Nc2cccc(-c3ccnc4c(C(=O)c5cccs5)cnn34)c2)CC1.O=C(c1cccs1)c1cnn2c(-c3cccc(N(C(=O)c4c(Cl)cccc4Cl)C(=O)c4c(Cl)cccc4Cl)c3)ccnc12. The number of fused-ring (bicyclic) bond motifs is 2. The molecule has 1 aliphatic rings. The third-order valence-electron chi connectivity index (χ3n) is 13.1. The van der Waals surface area contributed by atoms with E-state index in [1.807, 2.05) is 67.9 Å². The Labute approximate surface area is 497 Å². The van der Waals surface area contributed by atoms with E-state index in [0.717, 1.165) is 29.0 Å². The number of carbonyl (C=O) groups excluding carboxylic acids is 6. The molecule has 4 amide bonds. The molecule has 0 bridgehead atoms. The van der Waals surface area contributed by atoms with Crippen LogP contribution in [0.2, 0.25) is 20.1 Å². The number of nitrogens with zero attached hydrogens (tertiary/aromatic N) is 8. The molecule has 16 nitrogen and oxygen atoms in total. The number of imide groups is 1. The fraction of sp³-hybridized carbons (Fsp3) is 0.167. The second kappa shape index (κ2) is 24.5. The molecule has 10 aromatic rings. The van der Waals surface area contributed by atoms with Gasteiger partial charge in [0.1, 0.15) is 5.60 Å². The molecule has 0 unspecified atom stereocenters. The molecule has 1 saturated heterocycles. The predicted molar refractivity (Wildman–Crippen MR) is 320 cm³/mol. The molecule has 1 N–H and O–H groups in total. The highest BCUT2D eigenvalue weighted by molar-refractivity contribution is 7.12. The summed E-state index contributed by atoms with van der Waals surface area (Å²) in [6, 6.07) is 34.1. The van der Waals surface area contributed by atoms with Crippen LogP contribution >= 0.6 is 69.1 Å². The number of likely N-dealkylation sites (tertiary alicyclic amines) is 1. The van der Waals surface area contributed by atoms with Gasteiger partial charge in [0.05, 0.1) is 81.6 Å². The van der Waals surface area contributed by atoms with E-state index in [4.69, 9.17) is 51.1 Å². The summed E-state index contributed by atoms with van der Waals surface area (Å²) in [5.74, 6) is -1.73. The molecule has 22 heteroatoms. The van der Waals surface area contributed by atoms with Crippen LogP contribution in [0.5, 0.6) is 0 Å². The van der Waals surface area contributed by atoms with Gasteiger partial charge in [-0.2, -0.15) is 10.2 Å². The van der Waals surface area contributed by atoms with E-state index < -0.39 is 17.4 Å². The van der Waals surface area contributed by atoms with Crippen LogP contribution in [-0.4, -0.2) is 88.2 Å². The Morgan fingerprint density at radius 2 is 1.10 bits per heavy atom. The molecule has 6 aromatic heterocycles. The highest BCUT2D eigenvalue weighted by atomic mass is 35.5. The van der Waals surface area contributed by atoms with Gasteiger partial charge in [0.15, 0.2) is 11.3 Å². The van der Waals surface area contributed by atoms with Gasteiger partial charge < -0.3 is 15.0 Å². The zero-order valence-corrected chi connectivity index (χ0v) is 48.5. The van der Waals surface area contributed by atoms with Crippen LogP contribution in [0.4, 0.5) is 16.2 Å². The summed E-state index contributed by atoms with van der Waals surface area (Å²) in [6.07, 6.45) is 7.84. The van der Waals surface area contributed by atoms with Gasteiger partial charge >= 0.3 is 6.09 Å². The third kappa shape index (κ3) is 12.4. The van der Waals surface area contributed by atoms with Gasteiger partial charge in [0.25, 0.3) is 11.8 Å². The molecular formula is C60H47Cl4N9O7S2. The minimum absolute atomic E-state index is 0.0621. The predicted octanol–water partition coefficient (Wildman–Crippen LogP) is 14.5. The van der Waals surface area contributed by atoms with Crippen molar-refractivity contribution in [1.82, 2.24) is 34.1 Å². The number of aromatic nitrogens is 6. The molecule has 11 rings (SSSR count).